The molecular formula is C25H30N4O4S. The van der Waals surface area contributed by atoms with Crippen LogP contribution in [0.3, 0.4) is 0 Å². The van der Waals surface area contributed by atoms with Crippen LogP contribution in [-0.4, -0.2) is 47.7 Å². The van der Waals surface area contributed by atoms with Gasteiger partial charge >= 0.3 is 0 Å². The molecule has 0 bridgehead atoms. The molecule has 1 aliphatic heterocycles. The van der Waals surface area contributed by atoms with Gasteiger partial charge in [0.25, 0.3) is 5.56 Å². The molecule has 3 aromatic rings. The molecule has 1 aliphatic carbocycles. The number of thiophene rings is 1. The van der Waals surface area contributed by atoms with Crippen molar-refractivity contribution in [2.75, 3.05) is 32.6 Å². The van der Waals surface area contributed by atoms with Crippen LogP contribution in [0.15, 0.2) is 23.0 Å². The fourth-order valence-corrected chi connectivity index (χ4v) is 6.22. The number of nitrogens with zero attached hydrogens (tertiary/aromatic N) is 3. The molecule has 1 aromatic carbocycles. The SMILES string of the molecule is COc1ccc(OC)c(NC(=O)Cn2c(CN3CCCC3)nc3sc4c(c3c2=O)CCCC4)c1. The minimum Gasteiger partial charge on any atom is -0.497 e. The molecule has 1 N–H and O–H groups in total. The Kier molecular flexibility index (Phi) is 6.56. The topological polar surface area (TPSA) is 85.7 Å². The number of carbonyl (C=O) groups is 1. The number of hydrogen-bond acceptors (Lipinski definition) is 7. The van der Waals surface area contributed by atoms with Crippen molar-refractivity contribution in [1.29, 1.82) is 0 Å². The van der Waals surface area contributed by atoms with E-state index in [0.717, 1.165) is 62.0 Å². The van der Waals surface area contributed by atoms with E-state index in [4.69, 9.17) is 14.5 Å². The number of aromatic nitrogens is 2. The van der Waals surface area contributed by atoms with Crippen molar-refractivity contribution < 1.29 is 14.3 Å². The Balaban J connectivity index is 1.51. The van der Waals surface area contributed by atoms with Crippen LogP contribution in [0.25, 0.3) is 10.2 Å². The lowest BCUT2D eigenvalue weighted by Crippen LogP contribution is -2.34. The van der Waals surface area contributed by atoms with E-state index < -0.39 is 0 Å². The van der Waals surface area contributed by atoms with E-state index in [2.05, 4.69) is 10.2 Å². The normalized spacial score (nSPS) is 15.9. The summed E-state index contributed by atoms with van der Waals surface area (Å²) in [5.74, 6) is 1.49. The summed E-state index contributed by atoms with van der Waals surface area (Å²) in [6.07, 6.45) is 6.45. The zero-order valence-corrected chi connectivity index (χ0v) is 20.5. The molecule has 2 aliphatic rings. The van der Waals surface area contributed by atoms with Gasteiger partial charge in [0.1, 0.15) is 28.7 Å². The van der Waals surface area contributed by atoms with Gasteiger partial charge in [0.2, 0.25) is 5.91 Å². The number of rotatable bonds is 7. The molecule has 1 fully saturated rings. The molecular weight excluding hydrogens is 452 g/mol. The van der Waals surface area contributed by atoms with E-state index in [0.29, 0.717) is 34.9 Å². The number of methoxy groups -OCH3 is 2. The first kappa shape index (κ1) is 22.9. The Morgan fingerprint density at radius 2 is 1.91 bits per heavy atom. The monoisotopic (exact) mass is 482 g/mol. The average molecular weight is 483 g/mol. The van der Waals surface area contributed by atoms with Crippen LogP contribution in [0.4, 0.5) is 5.69 Å². The minimum absolute atomic E-state index is 0.101. The third-order valence-electron chi connectivity index (χ3n) is 6.70. The molecule has 0 atom stereocenters. The lowest BCUT2D eigenvalue weighted by atomic mass is 9.97. The van der Waals surface area contributed by atoms with Crippen LogP contribution in [-0.2, 0) is 30.7 Å². The van der Waals surface area contributed by atoms with Gasteiger partial charge in [-0.25, -0.2) is 4.98 Å². The van der Waals surface area contributed by atoms with Crippen LogP contribution >= 0.6 is 11.3 Å². The minimum atomic E-state index is -0.304. The van der Waals surface area contributed by atoms with Crippen LogP contribution in [0.1, 0.15) is 41.9 Å². The number of aryl methyl sites for hydroxylation is 2. The fraction of sp³-hybridized carbons (Fsp3) is 0.480. The quantitative estimate of drug-likeness (QED) is 0.554. The Morgan fingerprint density at radius 1 is 1.12 bits per heavy atom. The van der Waals surface area contributed by atoms with Gasteiger partial charge in [-0.3, -0.25) is 19.1 Å². The second-order valence-electron chi connectivity index (χ2n) is 8.91. The maximum atomic E-state index is 13.8. The first-order valence-corrected chi connectivity index (χ1v) is 12.7. The summed E-state index contributed by atoms with van der Waals surface area (Å²) in [4.78, 5) is 36.2. The number of hydrogen-bond donors (Lipinski definition) is 1. The summed E-state index contributed by atoms with van der Waals surface area (Å²) in [6.45, 7) is 2.45. The first-order chi connectivity index (χ1) is 16.6. The molecule has 2 aromatic heterocycles. The molecule has 5 rings (SSSR count). The summed E-state index contributed by atoms with van der Waals surface area (Å²) in [5.41, 5.74) is 1.54. The van der Waals surface area contributed by atoms with E-state index in [1.165, 1.54) is 4.88 Å². The average Bonchev–Trinajstić information content (AvgIpc) is 3.49. The highest BCUT2D eigenvalue weighted by Crippen LogP contribution is 2.34. The van der Waals surface area contributed by atoms with Gasteiger partial charge in [-0.05, 0) is 69.3 Å². The Hall–Kier alpha value is -2.91. The Labute approximate surface area is 202 Å². The second kappa shape index (κ2) is 9.76. The largest absolute Gasteiger partial charge is 0.497 e. The second-order valence-corrected chi connectivity index (χ2v) is 9.99. The van der Waals surface area contributed by atoms with Crippen LogP contribution in [0.5, 0.6) is 11.5 Å². The molecule has 1 saturated heterocycles. The number of carbonyl (C=O) groups excluding carboxylic acids is 1. The number of ether oxygens (including phenoxy) is 2. The zero-order valence-electron chi connectivity index (χ0n) is 19.7. The van der Waals surface area contributed by atoms with Crippen molar-refractivity contribution >= 4 is 33.1 Å². The van der Waals surface area contributed by atoms with Crippen molar-refractivity contribution in [1.82, 2.24) is 14.5 Å². The number of amides is 1. The molecule has 0 saturated carbocycles. The standard InChI is InChI=1S/C25H30N4O4S/c1-32-16-9-10-19(33-2)18(13-16)26-22(30)15-29-21(14-28-11-5-6-12-28)27-24-23(25(29)31)17-7-3-4-8-20(17)34-24/h9-10,13H,3-8,11-12,14-15H2,1-2H3,(H,26,30). The van der Waals surface area contributed by atoms with Crippen LogP contribution < -0.4 is 20.3 Å². The fourth-order valence-electron chi connectivity index (χ4n) is 4.95. The Morgan fingerprint density at radius 3 is 2.68 bits per heavy atom. The van der Waals surface area contributed by atoms with Gasteiger partial charge in [-0.1, -0.05) is 0 Å². The highest BCUT2D eigenvalue weighted by atomic mass is 32.1. The van der Waals surface area contributed by atoms with E-state index in [9.17, 15) is 9.59 Å². The molecule has 0 radical (unpaired) electrons. The Bertz CT molecular complexity index is 1280. The third kappa shape index (κ3) is 4.42. The zero-order chi connectivity index (χ0) is 23.7. The van der Waals surface area contributed by atoms with Crippen LogP contribution in [0.2, 0.25) is 0 Å². The van der Waals surface area contributed by atoms with E-state index in [1.54, 1.807) is 48.3 Å². The smallest absolute Gasteiger partial charge is 0.263 e. The molecule has 34 heavy (non-hydrogen) atoms. The predicted octanol–water partition coefficient (Wildman–Crippen LogP) is 3.59. The van der Waals surface area contributed by atoms with Crippen molar-refractivity contribution in [2.45, 2.75) is 51.6 Å². The predicted molar refractivity (Wildman–Crippen MR) is 133 cm³/mol. The van der Waals surface area contributed by atoms with Crippen molar-refractivity contribution in [3.05, 3.63) is 44.8 Å². The first-order valence-electron chi connectivity index (χ1n) is 11.9. The highest BCUT2D eigenvalue weighted by molar-refractivity contribution is 7.18. The molecule has 8 nitrogen and oxygen atoms in total. The van der Waals surface area contributed by atoms with Gasteiger partial charge in [0.05, 0.1) is 31.8 Å². The number of likely N-dealkylation sites (tertiary alicyclic amines) is 1. The summed E-state index contributed by atoms with van der Waals surface area (Å²) in [7, 11) is 3.12. The molecule has 3 heterocycles. The van der Waals surface area contributed by atoms with Gasteiger partial charge < -0.3 is 14.8 Å². The van der Waals surface area contributed by atoms with Gasteiger partial charge in [0.15, 0.2) is 0 Å². The van der Waals surface area contributed by atoms with E-state index >= 15 is 0 Å². The maximum absolute atomic E-state index is 13.8. The summed E-state index contributed by atoms with van der Waals surface area (Å²) >= 11 is 1.65. The number of benzene rings is 1. The van der Waals surface area contributed by atoms with E-state index in [-0.39, 0.29) is 18.0 Å². The number of fused-ring (bicyclic) bond motifs is 3. The van der Waals surface area contributed by atoms with Crippen LogP contribution in [0, 0.1) is 0 Å². The van der Waals surface area contributed by atoms with Gasteiger partial charge in [-0.2, -0.15) is 0 Å². The summed E-state index contributed by atoms with van der Waals surface area (Å²) in [6, 6.07) is 5.22. The number of nitrogens with one attached hydrogen (secondary N) is 1. The number of anilines is 1. The maximum Gasteiger partial charge on any atom is 0.263 e. The highest BCUT2D eigenvalue weighted by Gasteiger charge is 2.24. The third-order valence-corrected chi connectivity index (χ3v) is 7.89. The molecule has 180 valence electrons. The molecule has 0 unspecified atom stereocenters. The van der Waals surface area contributed by atoms with Gasteiger partial charge in [-0.15, -0.1) is 11.3 Å². The molecule has 0 spiro atoms. The van der Waals surface area contributed by atoms with Crippen molar-refractivity contribution in [3.8, 4) is 11.5 Å². The van der Waals surface area contributed by atoms with Crippen molar-refractivity contribution in [3.63, 3.8) is 0 Å². The molecule has 1 amide bonds. The van der Waals surface area contributed by atoms with Crippen molar-refractivity contribution in [2.24, 2.45) is 0 Å². The molecule has 9 heteroatoms. The van der Waals surface area contributed by atoms with Gasteiger partial charge in [0, 0.05) is 10.9 Å². The summed E-state index contributed by atoms with van der Waals surface area (Å²) in [5, 5.41) is 3.60. The van der Waals surface area contributed by atoms with E-state index in [1.807, 2.05) is 0 Å². The lowest BCUT2D eigenvalue weighted by Gasteiger charge is -2.19. The lowest BCUT2D eigenvalue weighted by molar-refractivity contribution is -0.116. The summed E-state index contributed by atoms with van der Waals surface area (Å²) < 4.78 is 12.2.